The predicted molar refractivity (Wildman–Crippen MR) is 50.4 cm³/mol. The van der Waals surface area contributed by atoms with Crippen LogP contribution in [0.15, 0.2) is 0 Å². The van der Waals surface area contributed by atoms with E-state index in [1.54, 1.807) is 0 Å². The summed E-state index contributed by atoms with van der Waals surface area (Å²) in [4.78, 5) is 10.7. The molecular weight excluding hydrogens is 164 g/mol. The number of hydrogen-bond acceptors (Lipinski definition) is 1. The van der Waals surface area contributed by atoms with Gasteiger partial charge in [0, 0.05) is 6.42 Å². The summed E-state index contributed by atoms with van der Waals surface area (Å²) in [5.41, 5.74) is 0.279. The van der Waals surface area contributed by atoms with Crippen molar-refractivity contribution in [2.75, 3.05) is 0 Å². The first kappa shape index (κ1) is 9.04. The third-order valence-corrected chi connectivity index (χ3v) is 4.44. The van der Waals surface area contributed by atoms with E-state index in [-0.39, 0.29) is 5.41 Å². The van der Waals surface area contributed by atoms with Crippen LogP contribution in [0.2, 0.25) is 0 Å². The third-order valence-electron chi connectivity index (χ3n) is 4.44. The number of carbonyl (C=O) groups is 1. The molecule has 1 N–H and O–H groups in total. The van der Waals surface area contributed by atoms with Gasteiger partial charge in [-0.1, -0.05) is 13.8 Å². The summed E-state index contributed by atoms with van der Waals surface area (Å²) in [6.07, 6.45) is 4.26. The fourth-order valence-corrected chi connectivity index (χ4v) is 3.59. The second kappa shape index (κ2) is 2.73. The van der Waals surface area contributed by atoms with Crippen molar-refractivity contribution >= 4 is 5.97 Å². The van der Waals surface area contributed by atoms with Gasteiger partial charge >= 0.3 is 5.97 Å². The first-order chi connectivity index (χ1) is 6.01. The molecule has 0 aliphatic heterocycles. The highest BCUT2D eigenvalue weighted by Crippen LogP contribution is 2.60. The van der Waals surface area contributed by atoms with E-state index in [9.17, 15) is 4.79 Å². The largest absolute Gasteiger partial charge is 0.481 e. The minimum atomic E-state index is -0.620. The fourth-order valence-electron chi connectivity index (χ4n) is 3.59. The van der Waals surface area contributed by atoms with Gasteiger partial charge in [0.2, 0.25) is 0 Å². The molecule has 13 heavy (non-hydrogen) atoms. The second-order valence-corrected chi connectivity index (χ2v) is 5.30. The van der Waals surface area contributed by atoms with Gasteiger partial charge in [0.25, 0.3) is 0 Å². The second-order valence-electron chi connectivity index (χ2n) is 5.30. The molecule has 2 aliphatic rings. The first-order valence-corrected chi connectivity index (χ1v) is 5.23. The zero-order valence-corrected chi connectivity index (χ0v) is 8.42. The Balaban J connectivity index is 2.14. The van der Waals surface area contributed by atoms with E-state index in [1.165, 1.54) is 19.3 Å². The Morgan fingerprint density at radius 1 is 1.46 bits per heavy atom. The van der Waals surface area contributed by atoms with Gasteiger partial charge in [-0.25, -0.2) is 0 Å². The van der Waals surface area contributed by atoms with E-state index < -0.39 is 5.97 Å². The molecule has 2 rings (SSSR count). The van der Waals surface area contributed by atoms with Gasteiger partial charge in [-0.15, -0.1) is 0 Å². The molecule has 2 bridgehead atoms. The van der Waals surface area contributed by atoms with Crippen LogP contribution < -0.4 is 0 Å². The van der Waals surface area contributed by atoms with Crippen molar-refractivity contribution < 1.29 is 9.90 Å². The van der Waals surface area contributed by atoms with Gasteiger partial charge in [0.1, 0.15) is 0 Å². The number of fused-ring (bicyclic) bond motifs is 2. The van der Waals surface area contributed by atoms with Gasteiger partial charge in [-0.05, 0) is 42.4 Å². The number of hydrogen-bond donors (Lipinski definition) is 1. The van der Waals surface area contributed by atoms with Crippen LogP contribution in [-0.4, -0.2) is 11.1 Å². The molecule has 3 atom stereocenters. The zero-order valence-electron chi connectivity index (χ0n) is 8.42. The standard InChI is InChI=1S/C11H18O2/c1-11(2)8-4-3-7(5-8)9(11)6-10(12)13/h7-9H,3-6H2,1-2H3,(H,12,13)/t7-,8-,9+/m0/s1. The van der Waals surface area contributed by atoms with Crippen LogP contribution >= 0.6 is 0 Å². The van der Waals surface area contributed by atoms with E-state index in [4.69, 9.17) is 5.11 Å². The van der Waals surface area contributed by atoms with Crippen LogP contribution in [0.5, 0.6) is 0 Å². The lowest BCUT2D eigenvalue weighted by molar-refractivity contribution is -0.139. The van der Waals surface area contributed by atoms with Crippen molar-refractivity contribution in [2.45, 2.75) is 39.5 Å². The molecule has 0 radical (unpaired) electrons. The molecule has 0 spiro atoms. The van der Waals surface area contributed by atoms with Crippen LogP contribution in [-0.2, 0) is 4.79 Å². The summed E-state index contributed by atoms with van der Waals surface area (Å²) in [5.74, 6) is 1.31. The quantitative estimate of drug-likeness (QED) is 0.712. The van der Waals surface area contributed by atoms with Gasteiger partial charge < -0.3 is 5.11 Å². The fraction of sp³-hybridized carbons (Fsp3) is 0.909. The van der Waals surface area contributed by atoms with E-state index in [2.05, 4.69) is 13.8 Å². The van der Waals surface area contributed by atoms with Crippen LogP contribution in [0.4, 0.5) is 0 Å². The maximum Gasteiger partial charge on any atom is 0.303 e. The van der Waals surface area contributed by atoms with Crippen molar-refractivity contribution in [1.82, 2.24) is 0 Å². The molecule has 0 aromatic rings. The van der Waals surface area contributed by atoms with Gasteiger partial charge in [-0.3, -0.25) is 4.79 Å². The molecule has 0 unspecified atom stereocenters. The Kier molecular flexibility index (Phi) is 1.90. The van der Waals surface area contributed by atoms with E-state index >= 15 is 0 Å². The van der Waals surface area contributed by atoms with Crippen molar-refractivity contribution in [3.8, 4) is 0 Å². The normalized spacial score (nSPS) is 40.9. The Hall–Kier alpha value is -0.530. The summed E-state index contributed by atoms with van der Waals surface area (Å²) in [6.45, 7) is 4.51. The molecule has 74 valence electrons. The summed E-state index contributed by atoms with van der Waals surface area (Å²) in [7, 11) is 0. The maximum atomic E-state index is 10.7. The number of carboxylic acids is 1. The molecule has 0 amide bonds. The highest BCUT2D eigenvalue weighted by atomic mass is 16.4. The van der Waals surface area contributed by atoms with E-state index in [0.29, 0.717) is 18.3 Å². The lowest BCUT2D eigenvalue weighted by Gasteiger charge is -2.37. The third kappa shape index (κ3) is 1.27. The maximum absolute atomic E-state index is 10.7. The van der Waals surface area contributed by atoms with Crippen molar-refractivity contribution in [1.29, 1.82) is 0 Å². The Morgan fingerprint density at radius 3 is 2.62 bits per heavy atom. The lowest BCUT2D eigenvalue weighted by atomic mass is 9.67. The van der Waals surface area contributed by atoms with Crippen molar-refractivity contribution in [2.24, 2.45) is 23.2 Å². The highest BCUT2D eigenvalue weighted by molar-refractivity contribution is 5.67. The number of aliphatic carboxylic acids is 1. The first-order valence-electron chi connectivity index (χ1n) is 5.23. The molecule has 0 saturated heterocycles. The van der Waals surface area contributed by atoms with Gasteiger partial charge in [0.15, 0.2) is 0 Å². The zero-order chi connectivity index (χ0) is 9.64. The molecule has 0 aromatic carbocycles. The summed E-state index contributed by atoms with van der Waals surface area (Å²) in [5, 5.41) is 8.83. The molecule has 2 aliphatic carbocycles. The molecule has 0 heterocycles. The summed E-state index contributed by atoms with van der Waals surface area (Å²) >= 11 is 0. The minimum Gasteiger partial charge on any atom is -0.481 e. The SMILES string of the molecule is CC1(C)[C@H]2CC[C@@H](C2)[C@H]1CC(=O)O. The smallest absolute Gasteiger partial charge is 0.303 e. The number of rotatable bonds is 2. The van der Waals surface area contributed by atoms with Crippen LogP contribution in [0.25, 0.3) is 0 Å². The predicted octanol–water partition coefficient (Wildman–Crippen LogP) is 2.53. The van der Waals surface area contributed by atoms with Crippen molar-refractivity contribution in [3.05, 3.63) is 0 Å². The molecule has 2 heteroatoms. The summed E-state index contributed by atoms with van der Waals surface area (Å²) < 4.78 is 0. The molecule has 2 fully saturated rings. The molecular formula is C11H18O2. The Morgan fingerprint density at radius 2 is 2.15 bits per heavy atom. The monoisotopic (exact) mass is 182 g/mol. The topological polar surface area (TPSA) is 37.3 Å². The van der Waals surface area contributed by atoms with E-state index in [1.807, 2.05) is 0 Å². The van der Waals surface area contributed by atoms with Gasteiger partial charge in [-0.2, -0.15) is 0 Å². The molecule has 2 saturated carbocycles. The molecule has 2 nitrogen and oxygen atoms in total. The Bertz CT molecular complexity index is 232. The van der Waals surface area contributed by atoms with Crippen LogP contribution in [0, 0.1) is 23.2 Å². The van der Waals surface area contributed by atoms with E-state index in [0.717, 1.165) is 5.92 Å². The minimum absolute atomic E-state index is 0.279. The van der Waals surface area contributed by atoms with Gasteiger partial charge in [0.05, 0.1) is 0 Å². The Labute approximate surface area is 79.3 Å². The lowest BCUT2D eigenvalue weighted by Crippen LogP contribution is -2.32. The highest BCUT2D eigenvalue weighted by Gasteiger charge is 2.52. The van der Waals surface area contributed by atoms with Crippen LogP contribution in [0.3, 0.4) is 0 Å². The molecule has 0 aromatic heterocycles. The average molecular weight is 182 g/mol. The number of carboxylic acid groups (broad SMARTS) is 1. The average Bonchev–Trinajstić information content (AvgIpc) is 2.53. The van der Waals surface area contributed by atoms with Crippen molar-refractivity contribution in [3.63, 3.8) is 0 Å². The van der Waals surface area contributed by atoms with Crippen LogP contribution in [0.1, 0.15) is 39.5 Å². The summed E-state index contributed by atoms with van der Waals surface area (Å²) in [6, 6.07) is 0.